The van der Waals surface area contributed by atoms with Crippen LogP contribution < -0.4 is 0 Å². The molecule has 26 heavy (non-hydrogen) atoms. The summed E-state index contributed by atoms with van der Waals surface area (Å²) >= 11 is 3.52. The number of halogens is 1. The topological polar surface area (TPSA) is 66.8 Å². The molecule has 1 N–H and O–H groups in total. The van der Waals surface area contributed by atoms with Gasteiger partial charge in [-0.15, -0.1) is 0 Å². The first kappa shape index (κ1) is 18.5. The molecule has 0 aliphatic carbocycles. The minimum absolute atomic E-state index is 0.147. The molecular formula is C20H20BrNO4. The lowest BCUT2D eigenvalue weighted by Gasteiger charge is -2.17. The maximum Gasteiger partial charge on any atom is 0.410 e. The number of carboxylic acids is 1. The Morgan fingerprint density at radius 2 is 1.92 bits per heavy atom. The molecule has 0 aromatic heterocycles. The van der Waals surface area contributed by atoms with Crippen LogP contribution in [0.25, 0.3) is 0 Å². The molecule has 6 heteroatoms. The summed E-state index contributed by atoms with van der Waals surface area (Å²) in [6.07, 6.45) is -0.481. The summed E-state index contributed by atoms with van der Waals surface area (Å²) in [6, 6.07) is 15.3. The number of nitrogens with zero attached hydrogens (tertiary/aromatic N) is 1. The van der Waals surface area contributed by atoms with Gasteiger partial charge >= 0.3 is 12.1 Å². The molecule has 1 aliphatic rings. The van der Waals surface area contributed by atoms with E-state index in [0.717, 1.165) is 21.2 Å². The van der Waals surface area contributed by atoms with E-state index in [1.807, 2.05) is 55.5 Å². The van der Waals surface area contributed by atoms with Crippen LogP contribution in [0.3, 0.4) is 0 Å². The monoisotopic (exact) mass is 417 g/mol. The molecule has 0 spiro atoms. The van der Waals surface area contributed by atoms with Crippen molar-refractivity contribution in [3.8, 4) is 0 Å². The summed E-state index contributed by atoms with van der Waals surface area (Å²) in [5.74, 6) is -1.83. The molecule has 1 saturated heterocycles. The van der Waals surface area contributed by atoms with E-state index < -0.39 is 18.0 Å². The van der Waals surface area contributed by atoms with E-state index in [1.54, 1.807) is 0 Å². The zero-order valence-corrected chi connectivity index (χ0v) is 16.0. The molecule has 5 nitrogen and oxygen atoms in total. The van der Waals surface area contributed by atoms with E-state index in [2.05, 4.69) is 15.9 Å². The normalized spacial score (nSPS) is 19.4. The van der Waals surface area contributed by atoms with Crippen LogP contribution in [0.5, 0.6) is 0 Å². The highest BCUT2D eigenvalue weighted by Crippen LogP contribution is 2.37. The molecule has 2 atom stereocenters. The van der Waals surface area contributed by atoms with Gasteiger partial charge in [0.2, 0.25) is 0 Å². The summed E-state index contributed by atoms with van der Waals surface area (Å²) in [5, 5.41) is 9.60. The zero-order valence-electron chi connectivity index (χ0n) is 14.4. The van der Waals surface area contributed by atoms with Gasteiger partial charge in [0.15, 0.2) is 0 Å². The van der Waals surface area contributed by atoms with E-state index in [9.17, 15) is 14.7 Å². The SMILES string of the molecule is Cc1ccc([C@@H]2CN(C(=O)OCc3ccccc3)C[C@H]2C(=O)O)c(Br)c1. The molecule has 2 aromatic carbocycles. The number of hydrogen-bond acceptors (Lipinski definition) is 3. The van der Waals surface area contributed by atoms with Crippen LogP contribution in [0.2, 0.25) is 0 Å². The molecular weight excluding hydrogens is 398 g/mol. The molecule has 136 valence electrons. The second kappa shape index (κ2) is 7.91. The van der Waals surface area contributed by atoms with Gasteiger partial charge in [0.25, 0.3) is 0 Å². The maximum atomic E-state index is 12.4. The number of amides is 1. The van der Waals surface area contributed by atoms with E-state index in [-0.39, 0.29) is 19.1 Å². The molecule has 3 rings (SSSR count). The first-order valence-corrected chi connectivity index (χ1v) is 9.19. The third kappa shape index (κ3) is 4.07. The molecule has 2 aromatic rings. The smallest absolute Gasteiger partial charge is 0.410 e. The van der Waals surface area contributed by atoms with Gasteiger partial charge in [-0.05, 0) is 29.7 Å². The molecule has 1 fully saturated rings. The number of benzene rings is 2. The Morgan fingerprint density at radius 1 is 1.19 bits per heavy atom. The number of aryl methyl sites for hydroxylation is 1. The van der Waals surface area contributed by atoms with Crippen molar-refractivity contribution < 1.29 is 19.4 Å². The van der Waals surface area contributed by atoms with Crippen molar-refractivity contribution in [2.45, 2.75) is 19.4 Å². The van der Waals surface area contributed by atoms with Gasteiger partial charge in [-0.1, -0.05) is 58.4 Å². The minimum Gasteiger partial charge on any atom is -0.481 e. The van der Waals surface area contributed by atoms with Crippen LogP contribution in [0.15, 0.2) is 53.0 Å². The van der Waals surface area contributed by atoms with Crippen LogP contribution in [0.4, 0.5) is 4.79 Å². The fraction of sp³-hybridized carbons (Fsp3) is 0.300. The number of carbonyl (C=O) groups is 2. The average molecular weight is 418 g/mol. The van der Waals surface area contributed by atoms with Crippen LogP contribution >= 0.6 is 15.9 Å². The van der Waals surface area contributed by atoms with Crippen molar-refractivity contribution in [3.05, 3.63) is 69.7 Å². The number of rotatable bonds is 4. The summed E-state index contributed by atoms with van der Waals surface area (Å²) in [4.78, 5) is 25.6. The number of carbonyl (C=O) groups excluding carboxylic acids is 1. The fourth-order valence-electron chi connectivity index (χ4n) is 3.26. The van der Waals surface area contributed by atoms with E-state index >= 15 is 0 Å². The standard InChI is InChI=1S/C20H20BrNO4/c1-13-7-8-15(18(21)9-13)16-10-22(11-17(16)19(23)24)20(25)26-12-14-5-3-2-4-6-14/h2-9,16-17H,10-12H2,1H3,(H,23,24)/t16-,17+/m0/s1. The van der Waals surface area contributed by atoms with Gasteiger partial charge in [0, 0.05) is 23.5 Å². The molecule has 0 bridgehead atoms. The van der Waals surface area contributed by atoms with Gasteiger partial charge in [-0.25, -0.2) is 4.79 Å². The van der Waals surface area contributed by atoms with Crippen molar-refractivity contribution in [1.82, 2.24) is 4.90 Å². The third-order valence-electron chi connectivity index (χ3n) is 4.66. The maximum absolute atomic E-state index is 12.4. The highest BCUT2D eigenvalue weighted by molar-refractivity contribution is 9.10. The van der Waals surface area contributed by atoms with Gasteiger partial charge in [-0.2, -0.15) is 0 Å². The zero-order chi connectivity index (χ0) is 18.7. The van der Waals surface area contributed by atoms with Gasteiger partial charge < -0.3 is 14.7 Å². The molecule has 0 saturated carbocycles. The highest BCUT2D eigenvalue weighted by Gasteiger charge is 2.41. The van der Waals surface area contributed by atoms with Crippen LogP contribution in [0, 0.1) is 12.8 Å². The van der Waals surface area contributed by atoms with E-state index in [0.29, 0.717) is 6.54 Å². The Morgan fingerprint density at radius 3 is 2.58 bits per heavy atom. The summed E-state index contributed by atoms with van der Waals surface area (Å²) in [6.45, 7) is 2.62. The molecule has 1 amide bonds. The number of likely N-dealkylation sites (tertiary alicyclic amines) is 1. The summed E-state index contributed by atoms with van der Waals surface area (Å²) in [5.41, 5.74) is 2.89. The van der Waals surface area contributed by atoms with Crippen LogP contribution in [-0.4, -0.2) is 35.2 Å². The van der Waals surface area contributed by atoms with Gasteiger partial charge in [0.1, 0.15) is 6.61 Å². The number of aliphatic carboxylic acids is 1. The highest BCUT2D eigenvalue weighted by atomic mass is 79.9. The number of carboxylic acid groups (broad SMARTS) is 1. The average Bonchev–Trinajstić information content (AvgIpc) is 3.06. The van der Waals surface area contributed by atoms with Gasteiger partial charge in [0.05, 0.1) is 5.92 Å². The molecule has 0 unspecified atom stereocenters. The summed E-state index contributed by atoms with van der Waals surface area (Å²) < 4.78 is 6.22. The Kier molecular flexibility index (Phi) is 5.61. The largest absolute Gasteiger partial charge is 0.481 e. The molecule has 1 heterocycles. The first-order chi connectivity index (χ1) is 12.5. The van der Waals surface area contributed by atoms with Crippen molar-refractivity contribution in [3.63, 3.8) is 0 Å². The predicted molar refractivity (Wildman–Crippen MR) is 101 cm³/mol. The summed E-state index contributed by atoms with van der Waals surface area (Å²) in [7, 11) is 0. The molecule has 0 radical (unpaired) electrons. The van der Waals surface area contributed by atoms with Gasteiger partial charge in [-0.3, -0.25) is 4.79 Å². The first-order valence-electron chi connectivity index (χ1n) is 8.40. The molecule has 1 aliphatic heterocycles. The van der Waals surface area contributed by atoms with Crippen molar-refractivity contribution in [1.29, 1.82) is 0 Å². The number of ether oxygens (including phenoxy) is 1. The van der Waals surface area contributed by atoms with Crippen molar-refractivity contribution in [2.24, 2.45) is 5.92 Å². The lowest BCUT2D eigenvalue weighted by Crippen LogP contribution is -2.30. The fourth-order valence-corrected chi connectivity index (χ4v) is 4.05. The Labute approximate surface area is 160 Å². The number of hydrogen-bond donors (Lipinski definition) is 1. The van der Waals surface area contributed by atoms with Crippen LogP contribution in [-0.2, 0) is 16.1 Å². The van der Waals surface area contributed by atoms with Crippen molar-refractivity contribution >= 4 is 28.0 Å². The second-order valence-electron chi connectivity index (χ2n) is 6.52. The Bertz CT molecular complexity index is 809. The minimum atomic E-state index is -0.902. The lowest BCUT2D eigenvalue weighted by atomic mass is 9.88. The quantitative estimate of drug-likeness (QED) is 0.809. The second-order valence-corrected chi connectivity index (χ2v) is 7.38. The van der Waals surface area contributed by atoms with E-state index in [1.165, 1.54) is 4.90 Å². The Hall–Kier alpha value is -2.34. The predicted octanol–water partition coefficient (Wildman–Crippen LogP) is 4.19. The van der Waals surface area contributed by atoms with E-state index in [4.69, 9.17) is 4.74 Å². The Balaban J connectivity index is 1.72. The van der Waals surface area contributed by atoms with Crippen molar-refractivity contribution in [2.75, 3.05) is 13.1 Å². The third-order valence-corrected chi connectivity index (χ3v) is 5.34. The van der Waals surface area contributed by atoms with Crippen LogP contribution in [0.1, 0.15) is 22.6 Å². The lowest BCUT2D eigenvalue weighted by molar-refractivity contribution is -0.141.